The van der Waals surface area contributed by atoms with Crippen molar-refractivity contribution in [1.82, 2.24) is 10.6 Å². The van der Waals surface area contributed by atoms with E-state index in [9.17, 15) is 9.90 Å². The first-order valence-corrected chi connectivity index (χ1v) is 14.8. The molecule has 3 N–H and O–H groups in total. The van der Waals surface area contributed by atoms with Gasteiger partial charge >= 0.3 is 5.97 Å². The SMILES string of the molecule is COC(=O)CCC(C)C1CCC2C3C(O)CC4CC(NCCNC(C)C)CCC4(C)C3CCC12C. The maximum absolute atomic E-state index is 11.8. The summed E-state index contributed by atoms with van der Waals surface area (Å²) in [5.74, 6) is 3.53. The molecule has 5 nitrogen and oxygen atoms in total. The number of aliphatic hydroxyl groups is 1. The molecule has 0 spiro atoms. The number of hydrogen-bond acceptors (Lipinski definition) is 5. The van der Waals surface area contributed by atoms with Crippen LogP contribution in [0.5, 0.6) is 0 Å². The lowest BCUT2D eigenvalue weighted by atomic mass is 9.43. The second-order valence-corrected chi connectivity index (χ2v) is 13.7. The number of carbonyl (C=O) groups excluding carboxylic acids is 1. The third kappa shape index (κ3) is 5.34. The molecule has 0 aromatic carbocycles. The largest absolute Gasteiger partial charge is 0.469 e. The van der Waals surface area contributed by atoms with Crippen LogP contribution in [0.25, 0.3) is 0 Å². The minimum absolute atomic E-state index is 0.0804. The number of rotatable bonds is 9. The predicted molar refractivity (Wildman–Crippen MR) is 142 cm³/mol. The van der Waals surface area contributed by atoms with Gasteiger partial charge in [0.1, 0.15) is 0 Å². The summed E-state index contributed by atoms with van der Waals surface area (Å²) in [6, 6.07) is 1.14. The second kappa shape index (κ2) is 11.0. The van der Waals surface area contributed by atoms with Crippen LogP contribution in [-0.4, -0.2) is 49.5 Å². The summed E-state index contributed by atoms with van der Waals surface area (Å²) in [4.78, 5) is 11.8. The lowest BCUT2D eigenvalue weighted by molar-refractivity contribution is -0.167. The van der Waals surface area contributed by atoms with Gasteiger partial charge in [-0.05, 0) is 104 Å². The molecule has 10 atom stereocenters. The van der Waals surface area contributed by atoms with Gasteiger partial charge in [0.25, 0.3) is 0 Å². The average molecular weight is 491 g/mol. The molecule has 5 heteroatoms. The third-order valence-corrected chi connectivity index (χ3v) is 11.6. The van der Waals surface area contributed by atoms with Crippen molar-refractivity contribution in [1.29, 1.82) is 0 Å². The summed E-state index contributed by atoms with van der Waals surface area (Å²) in [5.41, 5.74) is 0.692. The Bertz CT molecular complexity index is 728. The average Bonchev–Trinajstić information content (AvgIpc) is 3.17. The van der Waals surface area contributed by atoms with E-state index >= 15 is 0 Å². The monoisotopic (exact) mass is 490 g/mol. The maximum atomic E-state index is 11.8. The first kappa shape index (κ1) is 27.4. The number of fused-ring (bicyclic) bond motifs is 5. The summed E-state index contributed by atoms with van der Waals surface area (Å²) in [6.45, 7) is 14.0. The first-order valence-electron chi connectivity index (χ1n) is 14.8. The van der Waals surface area contributed by atoms with E-state index in [0.29, 0.717) is 64.8 Å². The maximum Gasteiger partial charge on any atom is 0.305 e. The van der Waals surface area contributed by atoms with Crippen LogP contribution in [0, 0.1) is 46.3 Å². The number of nitrogens with one attached hydrogen (secondary N) is 2. The van der Waals surface area contributed by atoms with Crippen molar-refractivity contribution >= 4 is 5.97 Å². The van der Waals surface area contributed by atoms with Gasteiger partial charge in [0.05, 0.1) is 13.2 Å². The third-order valence-electron chi connectivity index (χ3n) is 11.6. The molecule has 4 aliphatic rings. The fourth-order valence-electron chi connectivity index (χ4n) is 9.67. The van der Waals surface area contributed by atoms with Gasteiger partial charge in [0, 0.05) is 31.6 Å². The highest BCUT2D eigenvalue weighted by Gasteiger charge is 2.62. The van der Waals surface area contributed by atoms with Gasteiger partial charge in [-0.25, -0.2) is 0 Å². The van der Waals surface area contributed by atoms with E-state index < -0.39 is 0 Å². The predicted octanol–water partition coefficient (Wildman–Crippen LogP) is 5.16. The summed E-state index contributed by atoms with van der Waals surface area (Å²) in [5, 5.41) is 19.0. The lowest BCUT2D eigenvalue weighted by Gasteiger charge is -2.62. The first-order chi connectivity index (χ1) is 16.6. The molecule has 0 amide bonds. The van der Waals surface area contributed by atoms with Gasteiger partial charge < -0.3 is 20.5 Å². The van der Waals surface area contributed by atoms with Crippen molar-refractivity contribution in [3.8, 4) is 0 Å². The molecule has 0 aromatic heterocycles. The standard InChI is InChI=1S/C30H54N2O3/c1-19(2)31-15-16-32-22-11-13-29(4)21(17-22)18-26(33)28-24-9-8-23(20(3)7-10-27(34)35-6)30(24,5)14-12-25(28)29/h19-26,28,31-33H,7-18H2,1-6H3. The Balaban J connectivity index is 1.40. The van der Waals surface area contributed by atoms with Crippen LogP contribution in [0.1, 0.15) is 98.8 Å². The van der Waals surface area contributed by atoms with Gasteiger partial charge in [-0.15, -0.1) is 0 Å². The number of esters is 1. The molecule has 0 radical (unpaired) electrons. The van der Waals surface area contributed by atoms with Crippen molar-refractivity contribution < 1.29 is 14.6 Å². The Morgan fingerprint density at radius 2 is 1.71 bits per heavy atom. The number of ether oxygens (including phenoxy) is 1. The van der Waals surface area contributed by atoms with E-state index in [0.717, 1.165) is 25.9 Å². The van der Waals surface area contributed by atoms with Crippen molar-refractivity contribution in [3.63, 3.8) is 0 Å². The fourth-order valence-corrected chi connectivity index (χ4v) is 9.67. The minimum Gasteiger partial charge on any atom is -0.469 e. The van der Waals surface area contributed by atoms with Crippen molar-refractivity contribution in [2.24, 2.45) is 46.3 Å². The Labute approximate surface area is 214 Å². The Morgan fingerprint density at radius 1 is 1.00 bits per heavy atom. The molecule has 0 bridgehead atoms. The number of hydrogen-bond donors (Lipinski definition) is 3. The quantitative estimate of drug-likeness (QED) is 0.308. The highest BCUT2D eigenvalue weighted by molar-refractivity contribution is 5.69. The molecule has 4 aliphatic carbocycles. The number of aliphatic hydroxyl groups excluding tert-OH is 1. The summed E-state index contributed by atoms with van der Waals surface area (Å²) in [7, 11) is 1.49. The molecule has 202 valence electrons. The second-order valence-electron chi connectivity index (χ2n) is 13.7. The molecule has 35 heavy (non-hydrogen) atoms. The van der Waals surface area contributed by atoms with Crippen molar-refractivity contribution in [2.45, 2.75) is 117 Å². The van der Waals surface area contributed by atoms with Crippen LogP contribution in [0.3, 0.4) is 0 Å². The molecule has 4 fully saturated rings. The van der Waals surface area contributed by atoms with Crippen LogP contribution in [0.4, 0.5) is 0 Å². The van der Waals surface area contributed by atoms with Crippen LogP contribution in [0.2, 0.25) is 0 Å². The molecular weight excluding hydrogens is 436 g/mol. The normalized spacial score (nSPS) is 43.8. The smallest absolute Gasteiger partial charge is 0.305 e. The van der Waals surface area contributed by atoms with Crippen LogP contribution >= 0.6 is 0 Å². The van der Waals surface area contributed by atoms with Gasteiger partial charge in [0.15, 0.2) is 0 Å². The molecule has 0 saturated heterocycles. The summed E-state index contributed by atoms with van der Waals surface area (Å²) in [6.07, 6.45) is 11.2. The van der Waals surface area contributed by atoms with E-state index in [2.05, 4.69) is 45.3 Å². The lowest BCUT2D eigenvalue weighted by Crippen LogP contribution is -2.59. The summed E-state index contributed by atoms with van der Waals surface area (Å²) >= 11 is 0. The topological polar surface area (TPSA) is 70.6 Å². The highest BCUT2D eigenvalue weighted by Crippen LogP contribution is 2.68. The van der Waals surface area contributed by atoms with E-state index in [1.54, 1.807) is 0 Å². The zero-order chi connectivity index (χ0) is 25.4. The molecule has 0 heterocycles. The van der Waals surface area contributed by atoms with Crippen molar-refractivity contribution in [3.05, 3.63) is 0 Å². The van der Waals surface area contributed by atoms with Gasteiger partial charge in [-0.3, -0.25) is 4.79 Å². The molecular formula is C30H54N2O3. The fraction of sp³-hybridized carbons (Fsp3) is 0.967. The molecule has 0 aromatic rings. The number of methoxy groups -OCH3 is 1. The van der Waals surface area contributed by atoms with Crippen LogP contribution < -0.4 is 10.6 Å². The molecule has 4 saturated carbocycles. The van der Waals surface area contributed by atoms with E-state index in [1.165, 1.54) is 52.1 Å². The highest BCUT2D eigenvalue weighted by atomic mass is 16.5. The van der Waals surface area contributed by atoms with Crippen LogP contribution in [-0.2, 0) is 9.53 Å². The van der Waals surface area contributed by atoms with Crippen LogP contribution in [0.15, 0.2) is 0 Å². The van der Waals surface area contributed by atoms with Gasteiger partial charge in [-0.1, -0.05) is 34.6 Å². The van der Waals surface area contributed by atoms with Crippen molar-refractivity contribution in [2.75, 3.05) is 20.2 Å². The zero-order valence-electron chi connectivity index (χ0n) is 23.4. The van der Waals surface area contributed by atoms with E-state index in [1.807, 2.05) is 0 Å². The Morgan fingerprint density at radius 3 is 2.43 bits per heavy atom. The molecule has 0 aliphatic heterocycles. The minimum atomic E-state index is -0.145. The van der Waals surface area contributed by atoms with Gasteiger partial charge in [0.2, 0.25) is 0 Å². The Kier molecular flexibility index (Phi) is 8.60. The Hall–Kier alpha value is -0.650. The number of carbonyl (C=O) groups is 1. The van der Waals surface area contributed by atoms with Gasteiger partial charge in [-0.2, -0.15) is 0 Å². The molecule has 10 unspecified atom stereocenters. The zero-order valence-corrected chi connectivity index (χ0v) is 23.4. The molecule has 4 rings (SSSR count). The van der Waals surface area contributed by atoms with E-state index in [-0.39, 0.29) is 12.1 Å². The van der Waals surface area contributed by atoms with E-state index in [4.69, 9.17) is 4.74 Å². The summed E-state index contributed by atoms with van der Waals surface area (Å²) < 4.78 is 4.91.